The van der Waals surface area contributed by atoms with Crippen molar-refractivity contribution in [1.29, 1.82) is 0 Å². The van der Waals surface area contributed by atoms with Crippen molar-refractivity contribution in [3.05, 3.63) is 59.5 Å². The molecule has 3 unspecified atom stereocenters. The fraction of sp³-hybridized carbons (Fsp3) is 0.568. The highest BCUT2D eigenvalue weighted by molar-refractivity contribution is 5.96. The molecule has 6 heterocycles. The van der Waals surface area contributed by atoms with Gasteiger partial charge in [-0.05, 0) is 81.4 Å². The molecule has 0 saturated carbocycles. The molecule has 3 aromatic rings. The number of halogens is 3. The number of anilines is 1. The number of nitrogens with zero attached hydrogens (tertiary/aromatic N) is 6. The minimum atomic E-state index is -4.64. The highest BCUT2D eigenvalue weighted by Gasteiger charge is 2.53. The van der Waals surface area contributed by atoms with Crippen LogP contribution in [0.1, 0.15) is 81.5 Å². The van der Waals surface area contributed by atoms with Crippen LogP contribution >= 0.6 is 0 Å². The van der Waals surface area contributed by atoms with E-state index in [4.69, 9.17) is 14.5 Å². The molecule has 3 aromatic heterocycles. The molecule has 49 heavy (non-hydrogen) atoms. The van der Waals surface area contributed by atoms with E-state index in [1.807, 2.05) is 41.0 Å². The molecule has 0 aliphatic carbocycles. The zero-order chi connectivity index (χ0) is 35.0. The molecule has 2 saturated heterocycles. The average Bonchev–Trinajstić information content (AvgIpc) is 3.53. The molecule has 1 amide bonds. The van der Waals surface area contributed by atoms with Gasteiger partial charge in [-0.15, -0.1) is 0 Å². The SMILES string of the molecule is CCOc1ncccc1-c1ccc2c(n1)C(=O)N(CC1(CC)CCCN1CC)CC21CCN(c2ccc(OC)nc2C(F)(F)F)CC1CC. The van der Waals surface area contributed by atoms with Crippen molar-refractivity contribution < 1.29 is 27.4 Å². The number of carbonyl (C=O) groups is 1. The number of amides is 1. The van der Waals surface area contributed by atoms with Crippen LogP contribution in [0.5, 0.6) is 11.8 Å². The Balaban J connectivity index is 1.44. The second-order valence-electron chi connectivity index (χ2n) is 13.5. The minimum absolute atomic E-state index is 0.0496. The van der Waals surface area contributed by atoms with Crippen molar-refractivity contribution in [2.45, 2.75) is 76.9 Å². The minimum Gasteiger partial charge on any atom is -0.481 e. The number of fused-ring (bicyclic) bond motifs is 2. The Hall–Kier alpha value is -3.93. The van der Waals surface area contributed by atoms with Gasteiger partial charge in [0.25, 0.3) is 5.91 Å². The molecular weight excluding hydrogens is 633 g/mol. The highest BCUT2D eigenvalue weighted by atomic mass is 19.4. The molecule has 1 spiro atoms. The number of pyridine rings is 3. The Morgan fingerprint density at radius 3 is 2.53 bits per heavy atom. The zero-order valence-corrected chi connectivity index (χ0v) is 29.1. The fourth-order valence-corrected chi connectivity index (χ4v) is 8.70. The average molecular weight is 681 g/mol. The summed E-state index contributed by atoms with van der Waals surface area (Å²) in [5, 5.41) is 0. The first kappa shape index (κ1) is 34.9. The van der Waals surface area contributed by atoms with Gasteiger partial charge in [0, 0.05) is 49.4 Å². The summed E-state index contributed by atoms with van der Waals surface area (Å²) in [6.07, 6.45) is 1.30. The number of likely N-dealkylation sites (tertiary alicyclic amines) is 1. The first-order valence-electron chi connectivity index (χ1n) is 17.5. The normalized spacial score (nSPS) is 24.4. The predicted octanol–water partition coefficient (Wildman–Crippen LogP) is 6.86. The van der Waals surface area contributed by atoms with Gasteiger partial charge in [-0.3, -0.25) is 9.69 Å². The number of hydrogen-bond acceptors (Lipinski definition) is 8. The molecule has 0 radical (unpaired) electrons. The van der Waals surface area contributed by atoms with Gasteiger partial charge in [0.1, 0.15) is 5.69 Å². The lowest BCUT2D eigenvalue weighted by Crippen LogP contribution is -2.62. The largest absolute Gasteiger partial charge is 0.481 e. The van der Waals surface area contributed by atoms with Crippen LogP contribution in [0.4, 0.5) is 18.9 Å². The van der Waals surface area contributed by atoms with E-state index in [0.717, 1.165) is 37.9 Å². The number of rotatable bonds is 10. The van der Waals surface area contributed by atoms with E-state index < -0.39 is 17.3 Å². The molecule has 0 aromatic carbocycles. The molecule has 3 atom stereocenters. The quantitative estimate of drug-likeness (QED) is 0.230. The number of aromatic nitrogens is 3. The summed E-state index contributed by atoms with van der Waals surface area (Å²) in [6, 6.07) is 10.6. The number of alkyl halides is 3. The Labute approximate surface area is 286 Å². The lowest BCUT2D eigenvalue weighted by atomic mass is 9.62. The number of hydrogen-bond donors (Lipinski definition) is 0. The molecule has 12 heteroatoms. The van der Waals surface area contributed by atoms with Gasteiger partial charge >= 0.3 is 6.18 Å². The van der Waals surface area contributed by atoms with Gasteiger partial charge < -0.3 is 19.3 Å². The second-order valence-corrected chi connectivity index (χ2v) is 13.5. The van der Waals surface area contributed by atoms with Crippen LogP contribution in [0.3, 0.4) is 0 Å². The topological polar surface area (TPSA) is 83.9 Å². The van der Waals surface area contributed by atoms with E-state index in [1.165, 1.54) is 19.2 Å². The van der Waals surface area contributed by atoms with Crippen LogP contribution in [0.15, 0.2) is 42.6 Å². The lowest BCUT2D eigenvalue weighted by Gasteiger charge is -2.54. The fourth-order valence-electron chi connectivity index (χ4n) is 8.70. The van der Waals surface area contributed by atoms with E-state index >= 15 is 0 Å². The van der Waals surface area contributed by atoms with Crippen molar-refractivity contribution in [1.82, 2.24) is 24.8 Å². The predicted molar refractivity (Wildman–Crippen MR) is 182 cm³/mol. The molecule has 2 fully saturated rings. The standard InChI is InChI=1S/C37H47F3N6O3/c1-6-25-22-44(29-15-16-30(48-5)43-32(29)37(38,39)40)21-18-36(25)24-45(23-35(7-2)17-11-20-46(35)8-3)34(47)31-27(36)13-14-28(42-31)26-12-10-19-41-33(26)49-9-4/h10,12-16,19,25H,6-9,11,17-18,20-24H2,1-5H3. The number of carbonyl (C=O) groups excluding carboxylic acids is 1. The van der Waals surface area contributed by atoms with E-state index in [9.17, 15) is 18.0 Å². The second kappa shape index (κ2) is 13.8. The molecule has 3 aliphatic rings. The molecule has 0 bridgehead atoms. The van der Waals surface area contributed by atoms with E-state index in [2.05, 4.69) is 35.6 Å². The third kappa shape index (κ3) is 6.21. The summed E-state index contributed by atoms with van der Waals surface area (Å²) in [5.74, 6) is 0.214. The molecule has 3 aliphatic heterocycles. The maximum absolute atomic E-state index is 14.6. The number of piperidine rings is 1. The van der Waals surface area contributed by atoms with Crippen LogP contribution in [-0.4, -0.2) is 89.2 Å². The van der Waals surface area contributed by atoms with Crippen LogP contribution < -0.4 is 14.4 Å². The summed E-state index contributed by atoms with van der Waals surface area (Å²) < 4.78 is 53.8. The van der Waals surface area contributed by atoms with Gasteiger partial charge in [-0.1, -0.05) is 33.3 Å². The first-order chi connectivity index (χ1) is 23.5. The van der Waals surface area contributed by atoms with Crippen LogP contribution in [0, 0.1) is 5.92 Å². The monoisotopic (exact) mass is 680 g/mol. The van der Waals surface area contributed by atoms with Crippen molar-refractivity contribution in [3.63, 3.8) is 0 Å². The Kier molecular flexibility index (Phi) is 9.81. The lowest BCUT2D eigenvalue weighted by molar-refractivity contribution is -0.140. The third-order valence-corrected chi connectivity index (χ3v) is 11.2. The molecule has 9 nitrogen and oxygen atoms in total. The van der Waals surface area contributed by atoms with Crippen LogP contribution in [-0.2, 0) is 11.6 Å². The van der Waals surface area contributed by atoms with Crippen molar-refractivity contribution in [3.8, 4) is 23.0 Å². The number of methoxy groups -OCH3 is 1. The Morgan fingerprint density at radius 2 is 1.84 bits per heavy atom. The molecular formula is C37H47F3N6O3. The van der Waals surface area contributed by atoms with Gasteiger partial charge in [-0.2, -0.15) is 13.2 Å². The maximum Gasteiger partial charge on any atom is 0.435 e. The maximum atomic E-state index is 14.6. The Bertz CT molecular complexity index is 1670. The van der Waals surface area contributed by atoms with E-state index in [1.54, 1.807) is 6.20 Å². The molecule has 6 rings (SSSR count). The molecule has 0 N–H and O–H groups in total. The summed E-state index contributed by atoms with van der Waals surface area (Å²) in [4.78, 5) is 34.3. The zero-order valence-electron chi connectivity index (χ0n) is 29.1. The van der Waals surface area contributed by atoms with E-state index in [0.29, 0.717) is 68.5 Å². The third-order valence-electron chi connectivity index (χ3n) is 11.2. The first-order valence-corrected chi connectivity index (χ1v) is 17.5. The Morgan fingerprint density at radius 1 is 1.02 bits per heavy atom. The summed E-state index contributed by atoms with van der Waals surface area (Å²) in [5.41, 5.74) is 1.07. The van der Waals surface area contributed by atoms with Crippen molar-refractivity contribution >= 4 is 11.6 Å². The van der Waals surface area contributed by atoms with Gasteiger partial charge in [0.05, 0.1) is 30.7 Å². The van der Waals surface area contributed by atoms with Gasteiger partial charge in [0.15, 0.2) is 5.69 Å². The van der Waals surface area contributed by atoms with Crippen LogP contribution in [0.25, 0.3) is 11.3 Å². The highest BCUT2D eigenvalue weighted by Crippen LogP contribution is 2.49. The van der Waals surface area contributed by atoms with Crippen LogP contribution in [0.2, 0.25) is 0 Å². The van der Waals surface area contributed by atoms with E-state index in [-0.39, 0.29) is 28.9 Å². The van der Waals surface area contributed by atoms with Crippen molar-refractivity contribution in [2.24, 2.45) is 5.92 Å². The summed E-state index contributed by atoms with van der Waals surface area (Å²) in [7, 11) is 1.31. The van der Waals surface area contributed by atoms with Crippen molar-refractivity contribution in [2.75, 3.05) is 57.9 Å². The summed E-state index contributed by atoms with van der Waals surface area (Å²) >= 11 is 0. The number of likely N-dealkylation sites (N-methyl/N-ethyl adjacent to an activating group) is 1. The van der Waals surface area contributed by atoms with Gasteiger partial charge in [0.2, 0.25) is 11.8 Å². The molecule has 264 valence electrons. The summed E-state index contributed by atoms with van der Waals surface area (Å²) in [6.45, 7) is 12.5. The number of ether oxygens (including phenoxy) is 2. The smallest absolute Gasteiger partial charge is 0.435 e. The van der Waals surface area contributed by atoms with Gasteiger partial charge in [-0.25, -0.2) is 15.0 Å².